The minimum Gasteiger partial charge on any atom is -0.459 e. The molecule has 226 valence electrons. The largest absolute Gasteiger partial charge is 0.459 e. The molecule has 12 heteroatoms. The number of rotatable bonds is 9. The first-order chi connectivity index (χ1) is 21.4. The molecule has 0 bridgehead atoms. The number of carbonyl (C=O) groups excluding carboxylic acids is 4. The fraction of sp³-hybridized carbons (Fsp3) is 0.219. The van der Waals surface area contributed by atoms with Crippen molar-refractivity contribution in [1.29, 1.82) is 0 Å². The molecule has 5 rings (SSSR count). The van der Waals surface area contributed by atoms with Crippen LogP contribution in [0.15, 0.2) is 110 Å². The second kappa shape index (κ2) is 14.2. The zero-order valence-corrected chi connectivity index (χ0v) is 23.5. The summed E-state index contributed by atoms with van der Waals surface area (Å²) in [5, 5.41) is 0. The van der Waals surface area contributed by atoms with Crippen LogP contribution in [0.3, 0.4) is 0 Å². The smallest absolute Gasteiger partial charge is 0.419 e. The Balaban J connectivity index is 1.49. The highest BCUT2D eigenvalue weighted by molar-refractivity contribution is 5.91. The second-order valence-corrected chi connectivity index (χ2v) is 9.53. The lowest BCUT2D eigenvalue weighted by Gasteiger charge is -2.43. The highest BCUT2D eigenvalue weighted by Crippen LogP contribution is 2.31. The van der Waals surface area contributed by atoms with Crippen molar-refractivity contribution in [2.45, 2.75) is 30.7 Å². The first-order valence-electron chi connectivity index (χ1n) is 13.6. The third-order valence-electron chi connectivity index (χ3n) is 6.67. The lowest BCUT2D eigenvalue weighted by Crippen LogP contribution is -2.63. The molecule has 3 aromatic carbocycles. The molecule has 44 heavy (non-hydrogen) atoms. The van der Waals surface area contributed by atoms with E-state index >= 15 is 0 Å². The topological polar surface area (TPSA) is 141 Å². The number of methoxy groups -OCH3 is 1. The van der Waals surface area contributed by atoms with Crippen molar-refractivity contribution in [3.05, 3.63) is 126 Å². The van der Waals surface area contributed by atoms with Crippen molar-refractivity contribution >= 4 is 24.0 Å². The molecular weight excluding hydrogens is 572 g/mol. The molecule has 1 aliphatic heterocycles. The van der Waals surface area contributed by atoms with Gasteiger partial charge in [-0.25, -0.2) is 28.7 Å². The molecule has 0 radical (unpaired) electrons. The maximum atomic E-state index is 13.3. The summed E-state index contributed by atoms with van der Waals surface area (Å²) in [6.07, 6.45) is -3.83. The Morgan fingerprint density at radius 3 is 1.73 bits per heavy atom. The standard InChI is InChI=1S/C32H28N2O10/c1-39-31-27(43-30(37)23-15-9-4-10-16-23)26(42-29(36)22-13-7-3-8-14-22)25(44-32(38)34-18-17-33-20-34)24(41-31)19-40-28(35)21-11-5-2-6-12-21/h2-18,20,24-27,31H,19H2,1H3. The SMILES string of the molecule is COC1OC(COC(=O)c2ccccc2)C(OC(=O)n2ccnc2)C(OC(=O)c2ccccc2)C1OC(=O)c1ccccc1. The summed E-state index contributed by atoms with van der Waals surface area (Å²) in [5.41, 5.74) is 0.675. The number of benzene rings is 3. The van der Waals surface area contributed by atoms with Crippen molar-refractivity contribution in [3.8, 4) is 0 Å². The van der Waals surface area contributed by atoms with Gasteiger partial charge in [0.15, 0.2) is 24.6 Å². The normalized spacial score (nSPS) is 21.1. The van der Waals surface area contributed by atoms with E-state index in [1.54, 1.807) is 78.9 Å². The van der Waals surface area contributed by atoms with Gasteiger partial charge < -0.3 is 28.4 Å². The Labute approximate surface area is 252 Å². The zero-order valence-electron chi connectivity index (χ0n) is 23.5. The van der Waals surface area contributed by atoms with Crippen LogP contribution < -0.4 is 0 Å². The van der Waals surface area contributed by atoms with E-state index in [9.17, 15) is 19.2 Å². The molecule has 1 aliphatic rings. The minimum absolute atomic E-state index is 0.188. The Morgan fingerprint density at radius 2 is 1.23 bits per heavy atom. The molecule has 0 saturated carbocycles. The molecule has 2 heterocycles. The first-order valence-corrected chi connectivity index (χ1v) is 13.6. The van der Waals surface area contributed by atoms with Gasteiger partial charge in [-0.2, -0.15) is 0 Å². The van der Waals surface area contributed by atoms with E-state index in [1.165, 1.54) is 38.0 Å². The number of nitrogens with zero attached hydrogens (tertiary/aromatic N) is 2. The fourth-order valence-corrected chi connectivity index (χ4v) is 4.50. The molecule has 1 saturated heterocycles. The van der Waals surface area contributed by atoms with Crippen LogP contribution in [0, 0.1) is 0 Å². The van der Waals surface area contributed by atoms with Gasteiger partial charge in [-0.05, 0) is 36.4 Å². The van der Waals surface area contributed by atoms with Crippen LogP contribution in [0.5, 0.6) is 0 Å². The average Bonchev–Trinajstić information content (AvgIpc) is 3.62. The summed E-state index contributed by atoms with van der Waals surface area (Å²) >= 11 is 0. The Bertz CT molecular complexity index is 1550. The minimum atomic E-state index is -1.47. The van der Waals surface area contributed by atoms with E-state index in [4.69, 9.17) is 28.4 Å². The third kappa shape index (κ3) is 7.17. The predicted molar refractivity (Wildman–Crippen MR) is 152 cm³/mol. The molecule has 0 N–H and O–H groups in total. The van der Waals surface area contributed by atoms with Gasteiger partial charge in [0, 0.05) is 19.5 Å². The maximum Gasteiger partial charge on any atom is 0.419 e. The number of imidazole rings is 1. The number of hydrogen-bond acceptors (Lipinski definition) is 11. The number of esters is 3. The Hall–Kier alpha value is -5.33. The van der Waals surface area contributed by atoms with Crippen molar-refractivity contribution in [2.75, 3.05) is 13.7 Å². The molecule has 0 spiro atoms. The van der Waals surface area contributed by atoms with Gasteiger partial charge in [-0.1, -0.05) is 54.6 Å². The zero-order chi connectivity index (χ0) is 30.9. The van der Waals surface area contributed by atoms with Crippen LogP contribution >= 0.6 is 0 Å². The van der Waals surface area contributed by atoms with Crippen LogP contribution in [0.2, 0.25) is 0 Å². The van der Waals surface area contributed by atoms with Crippen LogP contribution in [-0.4, -0.2) is 78.0 Å². The summed E-state index contributed by atoms with van der Waals surface area (Å²) in [6, 6.07) is 24.5. The average molecular weight is 601 g/mol. The van der Waals surface area contributed by atoms with Crippen LogP contribution in [0.4, 0.5) is 4.79 Å². The highest BCUT2D eigenvalue weighted by atomic mass is 16.7. The monoisotopic (exact) mass is 600 g/mol. The first kappa shape index (κ1) is 30.1. The van der Waals surface area contributed by atoms with Crippen LogP contribution in [0.25, 0.3) is 0 Å². The number of carbonyl (C=O) groups is 4. The summed E-state index contributed by atoms with van der Waals surface area (Å²) < 4.78 is 35.6. The molecule has 0 amide bonds. The van der Waals surface area contributed by atoms with Gasteiger partial charge in [0.25, 0.3) is 0 Å². The quantitative estimate of drug-likeness (QED) is 0.204. The van der Waals surface area contributed by atoms with E-state index in [-0.39, 0.29) is 16.7 Å². The van der Waals surface area contributed by atoms with E-state index in [2.05, 4.69) is 4.98 Å². The van der Waals surface area contributed by atoms with Crippen molar-refractivity contribution in [3.63, 3.8) is 0 Å². The Morgan fingerprint density at radius 1 is 0.705 bits per heavy atom. The maximum absolute atomic E-state index is 13.3. The lowest BCUT2D eigenvalue weighted by atomic mass is 9.98. The molecule has 1 aromatic heterocycles. The molecule has 0 aliphatic carbocycles. The summed E-state index contributed by atoms with van der Waals surface area (Å²) in [6.45, 7) is -0.436. The van der Waals surface area contributed by atoms with Gasteiger partial charge in [0.1, 0.15) is 19.0 Å². The summed E-state index contributed by atoms with van der Waals surface area (Å²) in [7, 11) is 1.30. The van der Waals surface area contributed by atoms with Gasteiger partial charge in [-0.3, -0.25) is 0 Å². The van der Waals surface area contributed by atoms with Crippen LogP contribution in [-0.2, 0) is 28.4 Å². The fourth-order valence-electron chi connectivity index (χ4n) is 4.50. The number of hydrogen-bond donors (Lipinski definition) is 0. The van der Waals surface area contributed by atoms with Crippen LogP contribution in [0.1, 0.15) is 31.1 Å². The molecule has 5 atom stereocenters. The van der Waals surface area contributed by atoms with Crippen molar-refractivity contribution in [2.24, 2.45) is 0 Å². The third-order valence-corrected chi connectivity index (χ3v) is 6.67. The van der Waals surface area contributed by atoms with Gasteiger partial charge in [0.05, 0.1) is 16.7 Å². The predicted octanol–water partition coefficient (Wildman–Crippen LogP) is 3.92. The Kier molecular flexibility index (Phi) is 9.74. The molecule has 12 nitrogen and oxygen atoms in total. The van der Waals surface area contributed by atoms with E-state index in [0.717, 1.165) is 4.57 Å². The molecule has 4 aromatic rings. The number of ether oxygens (including phenoxy) is 6. The summed E-state index contributed by atoms with van der Waals surface area (Å²) in [4.78, 5) is 56.3. The molecule has 1 fully saturated rings. The molecular formula is C32H28N2O10. The lowest BCUT2D eigenvalue weighted by molar-refractivity contribution is -0.291. The summed E-state index contributed by atoms with van der Waals surface area (Å²) in [5.74, 6) is -2.23. The van der Waals surface area contributed by atoms with Gasteiger partial charge in [0.2, 0.25) is 0 Å². The van der Waals surface area contributed by atoms with Crippen molar-refractivity contribution < 1.29 is 47.6 Å². The van der Waals surface area contributed by atoms with Crippen molar-refractivity contribution in [1.82, 2.24) is 9.55 Å². The second-order valence-electron chi connectivity index (χ2n) is 9.53. The van der Waals surface area contributed by atoms with Gasteiger partial charge in [-0.15, -0.1) is 0 Å². The van der Waals surface area contributed by atoms with E-state index in [1.807, 2.05) is 0 Å². The molecule has 5 unspecified atom stereocenters. The van der Waals surface area contributed by atoms with E-state index in [0.29, 0.717) is 0 Å². The van der Waals surface area contributed by atoms with E-state index < -0.39 is 61.3 Å². The number of aromatic nitrogens is 2. The van der Waals surface area contributed by atoms with Gasteiger partial charge >= 0.3 is 24.0 Å². The highest BCUT2D eigenvalue weighted by Gasteiger charge is 2.53.